The molecule has 2 atom stereocenters. The summed E-state index contributed by atoms with van der Waals surface area (Å²) in [5.41, 5.74) is 3.75. The first-order valence-corrected chi connectivity index (χ1v) is 12.4. The van der Waals surface area contributed by atoms with Crippen molar-refractivity contribution in [2.75, 3.05) is 39.2 Å². The Hall–Kier alpha value is -3.84. The van der Waals surface area contributed by atoms with Crippen LogP contribution in [0, 0.1) is 0 Å². The Morgan fingerprint density at radius 1 is 1.00 bits per heavy atom. The molecule has 0 aliphatic carbocycles. The quantitative estimate of drug-likeness (QED) is 0.403. The second-order valence-electron chi connectivity index (χ2n) is 9.47. The standard InChI is InChI=1S/C30H34N2O5/c1-21(33)37-29-27(23-10-12-25(35-4)13-11-23)19-24-18-26(36-20-22-8-6-5-7-9-22)14-15-28(24)32(30(29)34)17-16-31(2)3/h5-15,18,27,29H,16-17,19-20H2,1-4H3. The smallest absolute Gasteiger partial charge is 0.303 e. The maximum Gasteiger partial charge on any atom is 0.303 e. The number of rotatable bonds is 9. The molecule has 1 aliphatic heterocycles. The van der Waals surface area contributed by atoms with Crippen molar-refractivity contribution in [2.45, 2.75) is 32.0 Å². The third-order valence-corrected chi connectivity index (χ3v) is 6.51. The van der Waals surface area contributed by atoms with E-state index in [1.54, 1.807) is 12.0 Å². The molecular weight excluding hydrogens is 468 g/mol. The number of nitrogens with zero attached hydrogens (tertiary/aromatic N) is 2. The molecule has 7 heteroatoms. The van der Waals surface area contributed by atoms with Crippen LogP contribution in [-0.4, -0.2) is 57.2 Å². The van der Waals surface area contributed by atoms with Gasteiger partial charge in [0.05, 0.1) is 7.11 Å². The van der Waals surface area contributed by atoms with Crippen LogP contribution in [0.4, 0.5) is 5.69 Å². The zero-order valence-electron chi connectivity index (χ0n) is 21.8. The van der Waals surface area contributed by atoms with E-state index in [4.69, 9.17) is 14.2 Å². The van der Waals surface area contributed by atoms with Gasteiger partial charge in [0.15, 0.2) is 6.10 Å². The average molecular weight is 503 g/mol. The number of ether oxygens (including phenoxy) is 3. The summed E-state index contributed by atoms with van der Waals surface area (Å²) in [7, 11) is 5.54. The summed E-state index contributed by atoms with van der Waals surface area (Å²) < 4.78 is 17.1. The fourth-order valence-corrected chi connectivity index (χ4v) is 4.59. The molecule has 0 fully saturated rings. The molecule has 1 aliphatic rings. The minimum absolute atomic E-state index is 0.227. The lowest BCUT2D eigenvalue weighted by Gasteiger charge is -2.29. The van der Waals surface area contributed by atoms with Crippen LogP contribution in [0.25, 0.3) is 0 Å². The molecule has 194 valence electrons. The monoisotopic (exact) mass is 502 g/mol. The summed E-state index contributed by atoms with van der Waals surface area (Å²) in [4.78, 5) is 29.8. The van der Waals surface area contributed by atoms with Gasteiger partial charge in [-0.05, 0) is 67.5 Å². The topological polar surface area (TPSA) is 68.3 Å². The van der Waals surface area contributed by atoms with Gasteiger partial charge in [0.25, 0.3) is 5.91 Å². The SMILES string of the molecule is COc1ccc(C2Cc3cc(OCc4ccccc4)ccc3N(CCN(C)C)C(=O)C2OC(C)=O)cc1. The summed E-state index contributed by atoms with van der Waals surface area (Å²) in [6.45, 7) is 2.92. The van der Waals surface area contributed by atoms with Crippen molar-refractivity contribution < 1.29 is 23.8 Å². The van der Waals surface area contributed by atoms with E-state index in [1.807, 2.05) is 91.8 Å². The van der Waals surface area contributed by atoms with Crippen LogP contribution >= 0.6 is 0 Å². The van der Waals surface area contributed by atoms with Crippen molar-refractivity contribution in [2.24, 2.45) is 0 Å². The molecule has 37 heavy (non-hydrogen) atoms. The lowest BCUT2D eigenvalue weighted by Crippen LogP contribution is -2.45. The van der Waals surface area contributed by atoms with Gasteiger partial charge in [0, 0.05) is 31.6 Å². The van der Waals surface area contributed by atoms with Gasteiger partial charge >= 0.3 is 5.97 Å². The number of benzene rings is 3. The molecule has 0 radical (unpaired) electrons. The molecule has 0 saturated heterocycles. The van der Waals surface area contributed by atoms with E-state index in [2.05, 4.69) is 0 Å². The minimum atomic E-state index is -0.950. The molecule has 4 rings (SSSR count). The van der Waals surface area contributed by atoms with Crippen molar-refractivity contribution in [1.29, 1.82) is 0 Å². The van der Waals surface area contributed by atoms with Gasteiger partial charge in [-0.25, -0.2) is 0 Å². The zero-order chi connectivity index (χ0) is 26.4. The molecular formula is C30H34N2O5. The molecule has 2 unspecified atom stereocenters. The second-order valence-corrected chi connectivity index (χ2v) is 9.47. The Morgan fingerprint density at radius 3 is 2.35 bits per heavy atom. The van der Waals surface area contributed by atoms with Gasteiger partial charge in [0.2, 0.25) is 0 Å². The number of amides is 1. The van der Waals surface area contributed by atoms with Crippen molar-refractivity contribution in [3.05, 3.63) is 89.5 Å². The van der Waals surface area contributed by atoms with Gasteiger partial charge < -0.3 is 24.0 Å². The minimum Gasteiger partial charge on any atom is -0.497 e. The first-order chi connectivity index (χ1) is 17.9. The fourth-order valence-electron chi connectivity index (χ4n) is 4.59. The van der Waals surface area contributed by atoms with Crippen molar-refractivity contribution >= 4 is 17.6 Å². The largest absolute Gasteiger partial charge is 0.497 e. The predicted octanol–water partition coefficient (Wildman–Crippen LogP) is 4.44. The first kappa shape index (κ1) is 26.2. The van der Waals surface area contributed by atoms with Crippen LogP contribution in [0.2, 0.25) is 0 Å². The van der Waals surface area contributed by atoms with E-state index >= 15 is 0 Å². The second kappa shape index (κ2) is 11.9. The maximum absolute atomic E-state index is 13.9. The molecule has 0 aromatic heterocycles. The third kappa shape index (κ3) is 6.49. The Kier molecular flexibility index (Phi) is 8.46. The number of methoxy groups -OCH3 is 1. The van der Waals surface area contributed by atoms with Gasteiger partial charge in [0.1, 0.15) is 18.1 Å². The Morgan fingerprint density at radius 2 is 1.70 bits per heavy atom. The number of anilines is 1. The average Bonchev–Trinajstić information content (AvgIpc) is 3.00. The third-order valence-electron chi connectivity index (χ3n) is 6.51. The Bertz CT molecular complexity index is 1210. The predicted molar refractivity (Wildman–Crippen MR) is 143 cm³/mol. The van der Waals surface area contributed by atoms with Crippen LogP contribution in [-0.2, 0) is 27.4 Å². The summed E-state index contributed by atoms with van der Waals surface area (Å²) in [6.07, 6.45) is -0.444. The highest BCUT2D eigenvalue weighted by Gasteiger charge is 2.40. The number of esters is 1. The molecule has 0 spiro atoms. The van der Waals surface area contributed by atoms with Crippen molar-refractivity contribution in [3.8, 4) is 11.5 Å². The highest BCUT2D eigenvalue weighted by molar-refractivity contribution is 6.00. The summed E-state index contributed by atoms with van der Waals surface area (Å²) in [5.74, 6) is 0.367. The molecule has 3 aromatic rings. The van der Waals surface area contributed by atoms with Crippen molar-refractivity contribution in [1.82, 2.24) is 4.90 Å². The van der Waals surface area contributed by atoms with E-state index in [9.17, 15) is 9.59 Å². The van der Waals surface area contributed by atoms with Crippen molar-refractivity contribution in [3.63, 3.8) is 0 Å². The maximum atomic E-state index is 13.9. The molecule has 0 N–H and O–H groups in total. The van der Waals surface area contributed by atoms with E-state index in [-0.39, 0.29) is 11.8 Å². The first-order valence-electron chi connectivity index (χ1n) is 12.4. The number of fused-ring (bicyclic) bond motifs is 1. The number of likely N-dealkylation sites (N-methyl/N-ethyl adjacent to an activating group) is 1. The number of hydrogen-bond acceptors (Lipinski definition) is 6. The molecule has 3 aromatic carbocycles. The number of carbonyl (C=O) groups is 2. The van der Waals surface area contributed by atoms with Crippen LogP contribution in [0.5, 0.6) is 11.5 Å². The lowest BCUT2D eigenvalue weighted by molar-refractivity contribution is -0.154. The Labute approximate surface area is 218 Å². The van der Waals surface area contributed by atoms with Crippen LogP contribution in [0.15, 0.2) is 72.8 Å². The molecule has 1 amide bonds. The van der Waals surface area contributed by atoms with E-state index in [0.717, 1.165) is 33.9 Å². The van der Waals surface area contributed by atoms with Gasteiger partial charge in [-0.15, -0.1) is 0 Å². The van der Waals surface area contributed by atoms with Gasteiger partial charge in [-0.2, -0.15) is 0 Å². The molecule has 0 bridgehead atoms. The van der Waals surface area contributed by atoms with Gasteiger partial charge in [-0.1, -0.05) is 42.5 Å². The summed E-state index contributed by atoms with van der Waals surface area (Å²) in [6, 6.07) is 23.4. The van der Waals surface area contributed by atoms with E-state index in [0.29, 0.717) is 26.1 Å². The Balaban J connectivity index is 1.73. The molecule has 7 nitrogen and oxygen atoms in total. The normalized spacial score (nSPS) is 17.2. The van der Waals surface area contributed by atoms with Gasteiger partial charge in [-0.3, -0.25) is 9.59 Å². The summed E-state index contributed by atoms with van der Waals surface area (Å²) in [5, 5.41) is 0. The molecule has 1 heterocycles. The highest BCUT2D eigenvalue weighted by Crippen LogP contribution is 2.38. The van der Waals surface area contributed by atoms with Crippen LogP contribution in [0.1, 0.15) is 29.5 Å². The molecule has 0 saturated carbocycles. The van der Waals surface area contributed by atoms with Crippen LogP contribution in [0.3, 0.4) is 0 Å². The number of hydrogen-bond donors (Lipinski definition) is 0. The fraction of sp³-hybridized carbons (Fsp3) is 0.333. The highest BCUT2D eigenvalue weighted by atomic mass is 16.5. The summed E-state index contributed by atoms with van der Waals surface area (Å²) >= 11 is 0. The lowest BCUT2D eigenvalue weighted by atomic mass is 9.87. The van der Waals surface area contributed by atoms with E-state index < -0.39 is 12.1 Å². The number of carbonyl (C=O) groups excluding carboxylic acids is 2. The van der Waals surface area contributed by atoms with Crippen LogP contribution < -0.4 is 14.4 Å². The zero-order valence-corrected chi connectivity index (χ0v) is 21.8. The van der Waals surface area contributed by atoms with E-state index in [1.165, 1.54) is 6.92 Å².